The van der Waals surface area contributed by atoms with Crippen LogP contribution in [0.5, 0.6) is 0 Å². The number of pyridine rings is 1. The van der Waals surface area contributed by atoms with Crippen molar-refractivity contribution in [3.05, 3.63) is 72.2 Å². The SMILES string of the molecule is NCC1CCC(C(=O)N[C@@H](Cc2ccc(-c3ccc(N4CCOCC4)nc3)c(F)c2)C(=O)Nc2ccc(-c3nn[nH]n3)cc2)CC1. The van der Waals surface area contributed by atoms with E-state index in [0.29, 0.717) is 53.9 Å². The Balaban J connectivity index is 1.16. The van der Waals surface area contributed by atoms with Gasteiger partial charge in [-0.25, -0.2) is 9.37 Å². The number of rotatable bonds is 10. The molecule has 3 heterocycles. The highest BCUT2D eigenvalue weighted by Crippen LogP contribution is 2.29. The number of carbonyl (C=O) groups is 2. The van der Waals surface area contributed by atoms with E-state index >= 15 is 4.39 Å². The minimum Gasteiger partial charge on any atom is -0.378 e. The molecule has 2 amide bonds. The number of nitrogens with zero attached hydrogens (tertiary/aromatic N) is 5. The van der Waals surface area contributed by atoms with Gasteiger partial charge in [0.15, 0.2) is 0 Å². The summed E-state index contributed by atoms with van der Waals surface area (Å²) < 4.78 is 20.9. The predicted octanol–water partition coefficient (Wildman–Crippen LogP) is 3.34. The molecule has 0 spiro atoms. The molecule has 13 heteroatoms. The first-order chi connectivity index (χ1) is 22.5. The standard InChI is InChI=1S/C33H38FN9O3/c34-28-17-22(3-11-27(28)25-8-12-30(36-20-25)43-13-15-46-16-14-43)18-29(38-32(44)24-4-1-21(19-35)2-5-24)33(45)37-26-9-6-23(7-10-26)31-39-41-42-40-31/h3,6-12,17,20-21,24,29H,1-2,4-5,13-16,18-19,35H2,(H,37,45)(H,38,44)(H,39,40,41,42)/t21?,24?,29-/m0/s1. The second-order valence-corrected chi connectivity index (χ2v) is 11.8. The maximum atomic E-state index is 15.5. The van der Waals surface area contributed by atoms with Crippen LogP contribution in [0.4, 0.5) is 15.9 Å². The highest BCUT2D eigenvalue weighted by atomic mass is 19.1. The maximum absolute atomic E-state index is 15.5. The van der Waals surface area contributed by atoms with E-state index in [9.17, 15) is 9.59 Å². The quantitative estimate of drug-likeness (QED) is 0.206. The number of carbonyl (C=O) groups excluding carboxylic acids is 2. The fourth-order valence-corrected chi connectivity index (χ4v) is 6.06. The fourth-order valence-electron chi connectivity index (χ4n) is 6.06. The molecule has 0 unspecified atom stereocenters. The smallest absolute Gasteiger partial charge is 0.247 e. The van der Waals surface area contributed by atoms with E-state index in [4.69, 9.17) is 10.5 Å². The number of aromatic amines is 1. The molecular weight excluding hydrogens is 589 g/mol. The Bertz CT molecular complexity index is 1600. The molecule has 12 nitrogen and oxygen atoms in total. The van der Waals surface area contributed by atoms with Gasteiger partial charge in [0, 0.05) is 54.0 Å². The fraction of sp³-hybridized carbons (Fsp3) is 0.394. The second kappa shape index (κ2) is 14.6. The van der Waals surface area contributed by atoms with E-state index in [-0.39, 0.29) is 18.2 Å². The topological polar surface area (TPSA) is 164 Å². The van der Waals surface area contributed by atoms with Gasteiger partial charge in [-0.2, -0.15) is 5.21 Å². The summed E-state index contributed by atoms with van der Waals surface area (Å²) in [5, 5.41) is 19.8. The van der Waals surface area contributed by atoms with Gasteiger partial charge in [0.05, 0.1) is 13.2 Å². The van der Waals surface area contributed by atoms with Gasteiger partial charge in [0.25, 0.3) is 0 Å². The first-order valence-corrected chi connectivity index (χ1v) is 15.7. The van der Waals surface area contributed by atoms with Gasteiger partial charge < -0.3 is 26.0 Å². The number of halogens is 1. The lowest BCUT2D eigenvalue weighted by Gasteiger charge is -2.28. The maximum Gasteiger partial charge on any atom is 0.247 e. The van der Waals surface area contributed by atoms with Gasteiger partial charge in [-0.05, 0) is 91.4 Å². The van der Waals surface area contributed by atoms with Crippen LogP contribution in [0, 0.1) is 17.7 Å². The lowest BCUT2D eigenvalue weighted by Crippen LogP contribution is -2.48. The first-order valence-electron chi connectivity index (χ1n) is 15.7. The monoisotopic (exact) mass is 627 g/mol. The van der Waals surface area contributed by atoms with Crippen molar-refractivity contribution in [1.29, 1.82) is 0 Å². The van der Waals surface area contributed by atoms with Crippen molar-refractivity contribution in [2.75, 3.05) is 43.1 Å². The van der Waals surface area contributed by atoms with Crippen LogP contribution in [0.3, 0.4) is 0 Å². The number of H-pyrrole nitrogens is 1. The molecule has 1 aliphatic carbocycles. The molecule has 1 aliphatic heterocycles. The molecule has 4 aromatic rings. The molecule has 2 aromatic heterocycles. The van der Waals surface area contributed by atoms with Crippen molar-refractivity contribution < 1.29 is 18.7 Å². The summed E-state index contributed by atoms with van der Waals surface area (Å²) in [5.74, 6) is 0.484. The third-order valence-electron chi connectivity index (χ3n) is 8.81. The van der Waals surface area contributed by atoms with Gasteiger partial charge in [0.2, 0.25) is 17.6 Å². The number of ether oxygens (including phenoxy) is 1. The molecular formula is C33H38FN9O3. The summed E-state index contributed by atoms with van der Waals surface area (Å²) in [4.78, 5) is 33.6. The highest BCUT2D eigenvalue weighted by molar-refractivity contribution is 5.97. The molecule has 2 fully saturated rings. The molecule has 0 radical (unpaired) electrons. The van der Waals surface area contributed by atoms with E-state index in [2.05, 4.69) is 41.1 Å². The van der Waals surface area contributed by atoms with Crippen LogP contribution in [-0.4, -0.2) is 76.3 Å². The Morgan fingerprint density at radius 3 is 2.43 bits per heavy atom. The zero-order chi connectivity index (χ0) is 31.9. The minimum absolute atomic E-state index is 0.113. The van der Waals surface area contributed by atoms with Crippen molar-refractivity contribution in [1.82, 2.24) is 30.9 Å². The summed E-state index contributed by atoms with van der Waals surface area (Å²) >= 11 is 0. The number of benzene rings is 2. The van der Waals surface area contributed by atoms with Crippen LogP contribution in [-0.2, 0) is 20.7 Å². The number of anilines is 2. The predicted molar refractivity (Wildman–Crippen MR) is 171 cm³/mol. The van der Waals surface area contributed by atoms with Crippen LogP contribution in [0.1, 0.15) is 31.2 Å². The van der Waals surface area contributed by atoms with Crippen molar-refractivity contribution in [3.8, 4) is 22.5 Å². The van der Waals surface area contributed by atoms with Gasteiger partial charge in [-0.15, -0.1) is 10.2 Å². The van der Waals surface area contributed by atoms with E-state index < -0.39 is 17.8 Å². The summed E-state index contributed by atoms with van der Waals surface area (Å²) in [6.07, 6.45) is 4.99. The Morgan fingerprint density at radius 1 is 1.02 bits per heavy atom. The molecule has 5 N–H and O–H groups in total. The highest BCUT2D eigenvalue weighted by Gasteiger charge is 2.29. The number of morpholine rings is 1. The summed E-state index contributed by atoms with van der Waals surface area (Å²) in [6, 6.07) is 14.7. The van der Waals surface area contributed by atoms with Crippen LogP contribution >= 0.6 is 0 Å². The number of nitrogens with two attached hydrogens (primary N) is 1. The molecule has 6 rings (SSSR count). The number of tetrazole rings is 1. The van der Waals surface area contributed by atoms with Crippen LogP contribution in [0.15, 0.2) is 60.8 Å². The van der Waals surface area contributed by atoms with Gasteiger partial charge in [-0.1, -0.05) is 12.1 Å². The summed E-state index contributed by atoms with van der Waals surface area (Å²) in [6.45, 7) is 3.45. The third-order valence-corrected chi connectivity index (χ3v) is 8.81. The Hall–Kier alpha value is -4.75. The Kier molecular flexibility index (Phi) is 9.89. The van der Waals surface area contributed by atoms with Crippen molar-refractivity contribution in [2.24, 2.45) is 17.6 Å². The Morgan fingerprint density at radius 2 is 1.78 bits per heavy atom. The molecule has 2 aromatic carbocycles. The van der Waals surface area contributed by atoms with Crippen molar-refractivity contribution >= 4 is 23.3 Å². The van der Waals surface area contributed by atoms with E-state index in [1.54, 1.807) is 42.6 Å². The third kappa shape index (κ3) is 7.54. The molecule has 1 saturated heterocycles. The number of nitrogens with one attached hydrogen (secondary N) is 3. The van der Waals surface area contributed by atoms with Gasteiger partial charge >= 0.3 is 0 Å². The zero-order valence-electron chi connectivity index (χ0n) is 25.5. The largest absolute Gasteiger partial charge is 0.378 e. The average molecular weight is 628 g/mol. The second-order valence-electron chi connectivity index (χ2n) is 11.8. The molecule has 1 saturated carbocycles. The van der Waals surface area contributed by atoms with Gasteiger partial charge in [0.1, 0.15) is 17.7 Å². The summed E-state index contributed by atoms with van der Waals surface area (Å²) in [7, 11) is 0. The number of amides is 2. The average Bonchev–Trinajstić information content (AvgIpc) is 3.64. The summed E-state index contributed by atoms with van der Waals surface area (Å²) in [5.41, 5.74) is 8.74. The molecule has 46 heavy (non-hydrogen) atoms. The number of aromatic nitrogens is 5. The van der Waals surface area contributed by atoms with E-state index in [0.717, 1.165) is 50.2 Å². The Labute approximate surface area is 266 Å². The van der Waals surface area contributed by atoms with E-state index in [1.165, 1.54) is 6.07 Å². The van der Waals surface area contributed by atoms with Crippen LogP contribution in [0.2, 0.25) is 0 Å². The lowest BCUT2D eigenvalue weighted by atomic mass is 9.81. The molecule has 1 atom stereocenters. The molecule has 240 valence electrons. The van der Waals surface area contributed by atoms with E-state index in [1.807, 2.05) is 12.1 Å². The van der Waals surface area contributed by atoms with Crippen molar-refractivity contribution in [2.45, 2.75) is 38.1 Å². The minimum atomic E-state index is -0.920. The van der Waals surface area contributed by atoms with Crippen molar-refractivity contribution in [3.63, 3.8) is 0 Å². The molecule has 2 aliphatic rings. The normalized spacial score (nSPS) is 19.0. The van der Waals surface area contributed by atoms with Crippen LogP contribution < -0.4 is 21.3 Å². The first kappa shape index (κ1) is 31.2. The molecule has 0 bridgehead atoms. The van der Waals surface area contributed by atoms with Crippen LogP contribution in [0.25, 0.3) is 22.5 Å². The van der Waals surface area contributed by atoms with Gasteiger partial charge in [-0.3, -0.25) is 9.59 Å². The number of hydrogen-bond donors (Lipinski definition) is 4. The lowest BCUT2D eigenvalue weighted by molar-refractivity contribution is -0.130. The zero-order valence-corrected chi connectivity index (χ0v) is 25.5. The number of hydrogen-bond acceptors (Lipinski definition) is 9.